The molecule has 1 aliphatic carbocycles. The Kier molecular flexibility index (Phi) is 5.09. The molecule has 0 bridgehead atoms. The molecule has 3 aromatic heterocycles. The molecule has 2 nitrogen and oxygen atoms in total. The summed E-state index contributed by atoms with van der Waals surface area (Å²) in [6.45, 7) is 4.77. The van der Waals surface area contributed by atoms with Crippen LogP contribution in [-0.4, -0.2) is 4.57 Å². The van der Waals surface area contributed by atoms with Crippen LogP contribution in [0.15, 0.2) is 144 Å². The van der Waals surface area contributed by atoms with Gasteiger partial charge in [0.1, 0.15) is 11.2 Å². The Hall–Kier alpha value is -5.64. The van der Waals surface area contributed by atoms with Crippen LogP contribution in [0.1, 0.15) is 25.0 Å². The van der Waals surface area contributed by atoms with Crippen molar-refractivity contribution >= 4 is 75.3 Å². The summed E-state index contributed by atoms with van der Waals surface area (Å²) in [5, 5.41) is 7.51. The summed E-state index contributed by atoms with van der Waals surface area (Å²) in [5.74, 6) is 0. The first kappa shape index (κ1) is 26.4. The lowest BCUT2D eigenvalue weighted by molar-refractivity contribution is 0.660. The predicted molar refractivity (Wildman–Crippen MR) is 204 cm³/mol. The van der Waals surface area contributed by atoms with Gasteiger partial charge in [-0.1, -0.05) is 111 Å². The molecule has 0 aliphatic heterocycles. The molecule has 0 atom stereocenters. The minimum atomic E-state index is -0.109. The molecule has 3 heterocycles. The van der Waals surface area contributed by atoms with E-state index in [0.29, 0.717) is 0 Å². The van der Waals surface area contributed by atoms with Crippen LogP contribution in [0, 0.1) is 0 Å². The molecule has 0 amide bonds. The van der Waals surface area contributed by atoms with E-state index in [2.05, 4.69) is 152 Å². The Morgan fingerprint density at radius 2 is 1.31 bits per heavy atom. The van der Waals surface area contributed by atoms with E-state index in [1.807, 2.05) is 17.4 Å². The number of hydrogen-bond donors (Lipinski definition) is 0. The van der Waals surface area contributed by atoms with Gasteiger partial charge in [-0.15, -0.1) is 11.3 Å². The van der Waals surface area contributed by atoms with E-state index in [1.165, 1.54) is 69.9 Å². The second kappa shape index (κ2) is 9.25. The van der Waals surface area contributed by atoms with Crippen LogP contribution in [0.5, 0.6) is 0 Å². The summed E-state index contributed by atoms with van der Waals surface area (Å²) < 4.78 is 11.6. The van der Waals surface area contributed by atoms with Crippen LogP contribution in [0.4, 0.5) is 0 Å². The number of benzene rings is 7. The lowest BCUT2D eigenvalue weighted by atomic mass is 9.82. The highest BCUT2D eigenvalue weighted by atomic mass is 32.1. The lowest BCUT2D eigenvalue weighted by Gasteiger charge is -2.22. The van der Waals surface area contributed by atoms with Gasteiger partial charge in [0.05, 0.1) is 11.0 Å². The van der Waals surface area contributed by atoms with Crippen LogP contribution >= 0.6 is 11.3 Å². The molecule has 0 unspecified atom stereocenters. The zero-order chi connectivity index (χ0) is 31.7. The number of hydrogen-bond acceptors (Lipinski definition) is 2. The van der Waals surface area contributed by atoms with E-state index in [9.17, 15) is 0 Å². The maximum atomic E-state index is 6.44. The van der Waals surface area contributed by atoms with Crippen LogP contribution < -0.4 is 0 Å². The number of para-hydroxylation sites is 3. The van der Waals surface area contributed by atoms with Gasteiger partial charge in [0.2, 0.25) is 0 Å². The first-order chi connectivity index (χ1) is 23.6. The Bertz CT molecular complexity index is 2990. The summed E-state index contributed by atoms with van der Waals surface area (Å²) >= 11 is 1.93. The molecular weight excluding hydrogens is 603 g/mol. The molecule has 0 radical (unpaired) electrons. The minimum absolute atomic E-state index is 0.109. The smallest absolute Gasteiger partial charge is 0.143 e. The zero-order valence-corrected chi connectivity index (χ0v) is 27.4. The number of aromatic nitrogens is 1. The number of thiophene rings is 1. The number of rotatable bonds is 2. The third-order valence-corrected chi connectivity index (χ3v) is 12.0. The standard InChI is InChI=1S/C45H29NOS/c1-45(2)36-22-21-33-31-12-5-8-17-41(31)48-44(33)42(36)34-20-19-27(25-37(34)45)46-38-15-6-3-10-29(38)35-24-26(18-23-39(35)46)28-13-9-14-32-30-11-4-7-16-40(30)47-43(28)32/h3-25H,1-2H3. The summed E-state index contributed by atoms with van der Waals surface area (Å²) in [6, 6.07) is 51.2. The summed E-state index contributed by atoms with van der Waals surface area (Å²) in [7, 11) is 0. The fraction of sp³-hybridized carbons (Fsp3) is 0.0667. The van der Waals surface area contributed by atoms with Crippen molar-refractivity contribution < 1.29 is 4.42 Å². The minimum Gasteiger partial charge on any atom is -0.455 e. The molecule has 10 aromatic rings. The molecule has 1 aliphatic rings. The summed E-state index contributed by atoms with van der Waals surface area (Å²) in [4.78, 5) is 0. The van der Waals surface area contributed by atoms with E-state index < -0.39 is 0 Å². The van der Waals surface area contributed by atoms with Crippen LogP contribution in [0.2, 0.25) is 0 Å². The molecular formula is C45H29NOS. The van der Waals surface area contributed by atoms with E-state index in [-0.39, 0.29) is 5.41 Å². The quantitative estimate of drug-likeness (QED) is 0.186. The SMILES string of the molecule is CC1(C)c2cc(-n3c4ccccc4c4cc(-c5cccc6c5oc5ccccc56)ccc43)ccc2-c2c1ccc1c2sc2ccccc21. The highest BCUT2D eigenvalue weighted by Gasteiger charge is 2.37. The van der Waals surface area contributed by atoms with Gasteiger partial charge < -0.3 is 8.98 Å². The van der Waals surface area contributed by atoms with Crippen molar-refractivity contribution in [3.8, 4) is 27.9 Å². The van der Waals surface area contributed by atoms with E-state index in [0.717, 1.165) is 33.1 Å². The highest BCUT2D eigenvalue weighted by Crippen LogP contribution is 2.54. The molecule has 226 valence electrons. The molecule has 7 aromatic carbocycles. The second-order valence-electron chi connectivity index (χ2n) is 13.7. The average molecular weight is 632 g/mol. The summed E-state index contributed by atoms with van der Waals surface area (Å²) in [6.07, 6.45) is 0. The monoisotopic (exact) mass is 631 g/mol. The zero-order valence-electron chi connectivity index (χ0n) is 26.5. The number of furan rings is 1. The van der Waals surface area contributed by atoms with Crippen molar-refractivity contribution in [2.24, 2.45) is 0 Å². The first-order valence-corrected chi connectivity index (χ1v) is 17.4. The fourth-order valence-electron chi connectivity index (χ4n) is 8.52. The molecule has 0 N–H and O–H groups in total. The molecule has 0 spiro atoms. The van der Waals surface area contributed by atoms with Crippen LogP contribution in [0.25, 0.3) is 91.9 Å². The van der Waals surface area contributed by atoms with Gasteiger partial charge in [-0.05, 0) is 64.7 Å². The first-order valence-electron chi connectivity index (χ1n) is 16.6. The normalized spacial score (nSPS) is 13.8. The molecule has 0 saturated heterocycles. The van der Waals surface area contributed by atoms with E-state index in [4.69, 9.17) is 4.42 Å². The molecule has 3 heteroatoms. The number of nitrogens with zero attached hydrogens (tertiary/aromatic N) is 1. The molecule has 48 heavy (non-hydrogen) atoms. The van der Waals surface area contributed by atoms with Crippen molar-refractivity contribution in [1.29, 1.82) is 0 Å². The Labute approximate surface area is 281 Å². The Balaban J connectivity index is 1.12. The van der Waals surface area contributed by atoms with Crippen molar-refractivity contribution in [3.63, 3.8) is 0 Å². The second-order valence-corrected chi connectivity index (χ2v) is 14.7. The highest BCUT2D eigenvalue weighted by molar-refractivity contribution is 7.26. The third kappa shape index (κ3) is 3.36. The van der Waals surface area contributed by atoms with Crippen LogP contribution in [0.3, 0.4) is 0 Å². The van der Waals surface area contributed by atoms with Crippen molar-refractivity contribution in [2.45, 2.75) is 19.3 Å². The van der Waals surface area contributed by atoms with Crippen molar-refractivity contribution in [2.75, 3.05) is 0 Å². The largest absolute Gasteiger partial charge is 0.455 e. The van der Waals surface area contributed by atoms with Gasteiger partial charge in [-0.2, -0.15) is 0 Å². The molecule has 11 rings (SSSR count). The Morgan fingerprint density at radius 3 is 2.23 bits per heavy atom. The average Bonchev–Trinajstić information content (AvgIpc) is 3.85. The van der Waals surface area contributed by atoms with Gasteiger partial charge in [0, 0.05) is 63.9 Å². The summed E-state index contributed by atoms with van der Waals surface area (Å²) in [5.41, 5.74) is 13.2. The molecule has 0 fully saturated rings. The topological polar surface area (TPSA) is 18.1 Å². The van der Waals surface area contributed by atoms with Gasteiger partial charge in [-0.25, -0.2) is 0 Å². The fourth-order valence-corrected chi connectivity index (χ4v) is 9.79. The van der Waals surface area contributed by atoms with Gasteiger partial charge >= 0.3 is 0 Å². The van der Waals surface area contributed by atoms with Crippen molar-refractivity contribution in [3.05, 3.63) is 151 Å². The maximum absolute atomic E-state index is 6.44. The van der Waals surface area contributed by atoms with Crippen molar-refractivity contribution in [1.82, 2.24) is 4.57 Å². The third-order valence-electron chi connectivity index (χ3n) is 10.8. The predicted octanol–water partition coefficient (Wildman–Crippen LogP) is 13.0. The number of fused-ring (bicyclic) bond motifs is 13. The lowest BCUT2D eigenvalue weighted by Crippen LogP contribution is -2.15. The van der Waals surface area contributed by atoms with Crippen LogP contribution in [-0.2, 0) is 5.41 Å². The van der Waals surface area contributed by atoms with E-state index >= 15 is 0 Å². The Morgan fingerprint density at radius 1 is 0.542 bits per heavy atom. The van der Waals surface area contributed by atoms with Gasteiger partial charge in [0.15, 0.2) is 0 Å². The maximum Gasteiger partial charge on any atom is 0.143 e. The van der Waals surface area contributed by atoms with Gasteiger partial charge in [-0.3, -0.25) is 0 Å². The molecule has 0 saturated carbocycles. The van der Waals surface area contributed by atoms with Gasteiger partial charge in [0.25, 0.3) is 0 Å². The van der Waals surface area contributed by atoms with E-state index in [1.54, 1.807) is 0 Å².